The molecule has 0 aliphatic carbocycles. The molecule has 0 saturated carbocycles. The van der Waals surface area contributed by atoms with Gasteiger partial charge in [-0.15, -0.1) is 0 Å². The molecule has 0 unspecified atom stereocenters. The Morgan fingerprint density at radius 2 is 1.61 bits per heavy atom. The minimum Gasteiger partial charge on any atom is -0.450 e. The number of nitrogens with zero attached hydrogens (tertiary/aromatic N) is 3. The fraction of sp³-hybridized carbons (Fsp3) is 0.545. The van der Waals surface area contributed by atoms with Crippen LogP contribution in [-0.4, -0.2) is 72.3 Å². The zero-order valence-corrected chi connectivity index (χ0v) is 17.7. The van der Waals surface area contributed by atoms with E-state index in [0.29, 0.717) is 38.5 Å². The SMILES string of the molecule is CCN(CC)C(=O)CN1CCN(C(=O)c2oc3c(C)ccc(C)c3c2C)CC1. The Hall–Kier alpha value is -2.34. The highest BCUT2D eigenvalue weighted by Crippen LogP contribution is 2.31. The van der Waals surface area contributed by atoms with E-state index in [2.05, 4.69) is 11.0 Å². The Morgan fingerprint density at radius 1 is 1.00 bits per heavy atom. The van der Waals surface area contributed by atoms with Crippen molar-refractivity contribution in [3.63, 3.8) is 0 Å². The van der Waals surface area contributed by atoms with Crippen LogP contribution in [0.5, 0.6) is 0 Å². The summed E-state index contributed by atoms with van der Waals surface area (Å²) in [6.45, 7) is 14.5. The average Bonchev–Trinajstić information content (AvgIpc) is 3.04. The van der Waals surface area contributed by atoms with Gasteiger partial charge in [-0.25, -0.2) is 0 Å². The molecule has 0 N–H and O–H groups in total. The molecule has 1 saturated heterocycles. The lowest BCUT2D eigenvalue weighted by atomic mass is 10.0. The maximum absolute atomic E-state index is 13.1. The molecule has 0 spiro atoms. The monoisotopic (exact) mass is 385 g/mol. The summed E-state index contributed by atoms with van der Waals surface area (Å²) in [5.41, 5.74) is 3.90. The number of likely N-dealkylation sites (N-methyl/N-ethyl adjacent to an activating group) is 1. The number of benzene rings is 1. The molecule has 1 aromatic heterocycles. The molecule has 1 aliphatic heterocycles. The first-order valence-corrected chi connectivity index (χ1v) is 10.2. The van der Waals surface area contributed by atoms with E-state index in [1.807, 2.05) is 50.5 Å². The lowest BCUT2D eigenvalue weighted by molar-refractivity contribution is -0.132. The summed E-state index contributed by atoms with van der Waals surface area (Å²) in [5, 5.41) is 1.05. The average molecular weight is 386 g/mol. The molecule has 2 heterocycles. The van der Waals surface area contributed by atoms with Gasteiger partial charge in [0, 0.05) is 50.2 Å². The number of rotatable bonds is 5. The Kier molecular flexibility index (Phi) is 6.08. The summed E-state index contributed by atoms with van der Waals surface area (Å²) in [7, 11) is 0. The summed E-state index contributed by atoms with van der Waals surface area (Å²) in [6.07, 6.45) is 0. The van der Waals surface area contributed by atoms with Gasteiger partial charge < -0.3 is 14.2 Å². The smallest absolute Gasteiger partial charge is 0.289 e. The van der Waals surface area contributed by atoms with Crippen molar-refractivity contribution in [2.45, 2.75) is 34.6 Å². The number of aryl methyl sites for hydroxylation is 3. The number of hydrogen-bond acceptors (Lipinski definition) is 4. The maximum Gasteiger partial charge on any atom is 0.289 e. The van der Waals surface area contributed by atoms with Gasteiger partial charge in [0.2, 0.25) is 5.91 Å². The number of hydrogen-bond donors (Lipinski definition) is 0. The van der Waals surface area contributed by atoms with Crippen molar-refractivity contribution in [2.24, 2.45) is 0 Å². The molecule has 152 valence electrons. The number of fused-ring (bicyclic) bond motifs is 1. The number of furan rings is 1. The normalized spacial score (nSPS) is 15.2. The Morgan fingerprint density at radius 3 is 2.18 bits per heavy atom. The molecule has 1 aliphatic rings. The number of carbonyl (C=O) groups is 2. The lowest BCUT2D eigenvalue weighted by Gasteiger charge is -2.34. The molecule has 6 heteroatoms. The van der Waals surface area contributed by atoms with Crippen LogP contribution in [0.1, 0.15) is 41.1 Å². The van der Waals surface area contributed by atoms with Crippen LogP contribution >= 0.6 is 0 Å². The molecule has 2 amide bonds. The van der Waals surface area contributed by atoms with Crippen LogP contribution in [-0.2, 0) is 4.79 Å². The summed E-state index contributed by atoms with van der Waals surface area (Å²) >= 11 is 0. The lowest BCUT2D eigenvalue weighted by Crippen LogP contribution is -2.51. The van der Waals surface area contributed by atoms with Gasteiger partial charge in [-0.3, -0.25) is 14.5 Å². The molecule has 1 fully saturated rings. The van der Waals surface area contributed by atoms with Crippen molar-refractivity contribution in [3.05, 3.63) is 34.6 Å². The quantitative estimate of drug-likeness (QED) is 0.794. The van der Waals surface area contributed by atoms with E-state index in [4.69, 9.17) is 4.42 Å². The van der Waals surface area contributed by atoms with Gasteiger partial charge in [0.1, 0.15) is 5.58 Å². The summed E-state index contributed by atoms with van der Waals surface area (Å²) < 4.78 is 6.01. The van der Waals surface area contributed by atoms with Gasteiger partial charge in [-0.05, 0) is 45.7 Å². The second kappa shape index (κ2) is 8.35. The molecule has 6 nitrogen and oxygen atoms in total. The van der Waals surface area contributed by atoms with Crippen LogP contribution in [0.25, 0.3) is 11.0 Å². The highest BCUT2D eigenvalue weighted by molar-refractivity contribution is 6.00. The van der Waals surface area contributed by atoms with E-state index < -0.39 is 0 Å². The van der Waals surface area contributed by atoms with Crippen LogP contribution in [0.4, 0.5) is 0 Å². The van der Waals surface area contributed by atoms with Gasteiger partial charge >= 0.3 is 0 Å². The molecule has 1 aromatic carbocycles. The standard InChI is InChI=1S/C22H31N3O3/c1-6-24(7-2)18(26)14-23-10-12-25(13-11-23)22(27)21-17(5)19-15(3)8-9-16(4)20(19)28-21/h8-9H,6-7,10-14H2,1-5H3. The summed E-state index contributed by atoms with van der Waals surface area (Å²) in [6, 6.07) is 4.10. The summed E-state index contributed by atoms with van der Waals surface area (Å²) in [4.78, 5) is 31.2. The molecule has 2 aromatic rings. The van der Waals surface area contributed by atoms with Crippen LogP contribution in [0, 0.1) is 20.8 Å². The number of piperazine rings is 1. The molecule has 28 heavy (non-hydrogen) atoms. The van der Waals surface area contributed by atoms with Crippen molar-refractivity contribution in [1.29, 1.82) is 0 Å². The maximum atomic E-state index is 13.1. The fourth-order valence-corrected chi connectivity index (χ4v) is 4.00. The van der Waals surface area contributed by atoms with Gasteiger partial charge in [-0.2, -0.15) is 0 Å². The van der Waals surface area contributed by atoms with E-state index in [-0.39, 0.29) is 11.8 Å². The van der Waals surface area contributed by atoms with Gasteiger partial charge in [0.05, 0.1) is 6.54 Å². The third kappa shape index (κ3) is 3.78. The third-order valence-electron chi connectivity index (χ3n) is 5.81. The largest absolute Gasteiger partial charge is 0.450 e. The topological polar surface area (TPSA) is 57.0 Å². The van der Waals surface area contributed by atoms with Gasteiger partial charge in [0.25, 0.3) is 5.91 Å². The predicted molar refractivity (Wildman–Crippen MR) is 111 cm³/mol. The number of carbonyl (C=O) groups excluding carboxylic acids is 2. The summed E-state index contributed by atoms with van der Waals surface area (Å²) in [5.74, 6) is 0.547. The second-order valence-electron chi connectivity index (χ2n) is 7.59. The number of amides is 2. The molecule has 0 radical (unpaired) electrons. The van der Waals surface area contributed by atoms with Crippen molar-refractivity contribution < 1.29 is 14.0 Å². The van der Waals surface area contributed by atoms with Crippen molar-refractivity contribution >= 4 is 22.8 Å². The van der Waals surface area contributed by atoms with Crippen LogP contribution in [0.15, 0.2) is 16.5 Å². The highest BCUT2D eigenvalue weighted by Gasteiger charge is 2.28. The Bertz CT molecular complexity index is 875. The van der Waals surface area contributed by atoms with Crippen molar-refractivity contribution in [3.8, 4) is 0 Å². The Labute approximate surface area is 167 Å². The van der Waals surface area contributed by atoms with E-state index in [1.165, 1.54) is 0 Å². The van der Waals surface area contributed by atoms with Gasteiger partial charge in [0.15, 0.2) is 5.76 Å². The zero-order valence-electron chi connectivity index (χ0n) is 17.7. The first-order chi connectivity index (χ1) is 13.4. The zero-order chi connectivity index (χ0) is 20.4. The molecule has 3 rings (SSSR count). The fourth-order valence-electron chi connectivity index (χ4n) is 4.00. The van der Waals surface area contributed by atoms with Crippen LogP contribution < -0.4 is 0 Å². The Balaban J connectivity index is 1.68. The second-order valence-corrected chi connectivity index (χ2v) is 7.59. The van der Waals surface area contributed by atoms with E-state index in [0.717, 1.165) is 40.7 Å². The van der Waals surface area contributed by atoms with Crippen molar-refractivity contribution in [2.75, 3.05) is 45.8 Å². The van der Waals surface area contributed by atoms with E-state index >= 15 is 0 Å². The van der Waals surface area contributed by atoms with Crippen molar-refractivity contribution in [1.82, 2.24) is 14.7 Å². The minimum absolute atomic E-state index is 0.0535. The third-order valence-corrected chi connectivity index (χ3v) is 5.81. The minimum atomic E-state index is -0.0535. The first kappa shape index (κ1) is 20.4. The van der Waals surface area contributed by atoms with Gasteiger partial charge in [-0.1, -0.05) is 12.1 Å². The van der Waals surface area contributed by atoms with E-state index in [9.17, 15) is 9.59 Å². The highest BCUT2D eigenvalue weighted by atomic mass is 16.3. The predicted octanol–water partition coefficient (Wildman–Crippen LogP) is 2.98. The first-order valence-electron chi connectivity index (χ1n) is 10.2. The molecule has 0 atom stereocenters. The molecule has 0 bridgehead atoms. The van der Waals surface area contributed by atoms with Crippen LogP contribution in [0.3, 0.4) is 0 Å². The van der Waals surface area contributed by atoms with Crippen LogP contribution in [0.2, 0.25) is 0 Å². The molecular weight excluding hydrogens is 354 g/mol. The van der Waals surface area contributed by atoms with E-state index in [1.54, 1.807) is 0 Å². The molecular formula is C22H31N3O3.